The number of pyridine rings is 1. The predicted octanol–water partition coefficient (Wildman–Crippen LogP) is 6.17. The summed E-state index contributed by atoms with van der Waals surface area (Å²) in [6.07, 6.45) is 2.97. The molecular formula is C27H24BrFN4O. The minimum Gasteiger partial charge on any atom is -0.330 e. The number of halogens is 2. The summed E-state index contributed by atoms with van der Waals surface area (Å²) in [5.74, 6) is 0.467. The van der Waals surface area contributed by atoms with Gasteiger partial charge in [0.25, 0.3) is 5.91 Å². The Morgan fingerprint density at radius 2 is 1.88 bits per heavy atom. The van der Waals surface area contributed by atoms with Crippen LogP contribution < -0.4 is 0 Å². The lowest BCUT2D eigenvalue weighted by Gasteiger charge is -2.35. The van der Waals surface area contributed by atoms with Gasteiger partial charge in [-0.25, -0.2) is 14.4 Å². The molecule has 0 bridgehead atoms. The molecule has 1 amide bonds. The first kappa shape index (κ1) is 21.5. The molecule has 3 heterocycles. The fraction of sp³-hybridized carbons (Fsp3) is 0.296. The first-order chi connectivity index (χ1) is 16.4. The number of fused-ring (bicyclic) bond motifs is 2. The molecule has 0 saturated heterocycles. The van der Waals surface area contributed by atoms with Gasteiger partial charge < -0.3 is 9.47 Å². The molecule has 0 radical (unpaired) electrons. The summed E-state index contributed by atoms with van der Waals surface area (Å²) in [6, 6.07) is 15.2. The topological polar surface area (TPSA) is 51.0 Å². The molecule has 1 aliphatic heterocycles. The molecule has 0 N–H and O–H groups in total. The number of carbonyl (C=O) groups is 1. The number of rotatable bonds is 3. The van der Waals surface area contributed by atoms with Gasteiger partial charge in [-0.05, 0) is 73.1 Å². The van der Waals surface area contributed by atoms with Crippen molar-refractivity contribution in [1.29, 1.82) is 0 Å². The molecule has 172 valence electrons. The van der Waals surface area contributed by atoms with Crippen LogP contribution in [0.5, 0.6) is 0 Å². The number of hydrogen-bond acceptors (Lipinski definition) is 3. The lowest BCUT2D eigenvalue weighted by molar-refractivity contribution is 0.0672. The van der Waals surface area contributed by atoms with E-state index >= 15 is 0 Å². The van der Waals surface area contributed by atoms with Gasteiger partial charge in [0.1, 0.15) is 22.9 Å². The minimum absolute atomic E-state index is 0.0155. The van der Waals surface area contributed by atoms with Crippen molar-refractivity contribution >= 4 is 33.0 Å². The SMILES string of the molecule is C[C@@H]1c2ccccc2CCN1C(=O)c1cc(C2CC2)c2nc(-c3ccc(Br)cc3F)n(C)c2n1. The molecule has 0 spiro atoms. The Morgan fingerprint density at radius 3 is 2.65 bits per heavy atom. The van der Waals surface area contributed by atoms with E-state index in [9.17, 15) is 9.18 Å². The molecule has 5 nitrogen and oxygen atoms in total. The Balaban J connectivity index is 1.45. The lowest BCUT2D eigenvalue weighted by Crippen LogP contribution is -2.39. The van der Waals surface area contributed by atoms with E-state index in [0.717, 1.165) is 30.3 Å². The van der Waals surface area contributed by atoms with Crippen LogP contribution in [-0.4, -0.2) is 31.9 Å². The van der Waals surface area contributed by atoms with Gasteiger partial charge in [0.2, 0.25) is 0 Å². The number of benzene rings is 2. The molecule has 1 aliphatic carbocycles. The molecule has 1 atom stereocenters. The van der Waals surface area contributed by atoms with Crippen LogP contribution in [0.2, 0.25) is 0 Å². The van der Waals surface area contributed by atoms with Gasteiger partial charge in [0, 0.05) is 18.1 Å². The van der Waals surface area contributed by atoms with Crippen LogP contribution in [0.15, 0.2) is 53.0 Å². The van der Waals surface area contributed by atoms with Crippen LogP contribution in [0, 0.1) is 5.82 Å². The van der Waals surface area contributed by atoms with Crippen LogP contribution >= 0.6 is 15.9 Å². The maximum Gasteiger partial charge on any atom is 0.273 e. The fourth-order valence-electron chi connectivity index (χ4n) is 5.10. The molecule has 1 saturated carbocycles. The summed E-state index contributed by atoms with van der Waals surface area (Å²) in [7, 11) is 1.84. The van der Waals surface area contributed by atoms with Crippen molar-refractivity contribution in [3.05, 3.63) is 81.2 Å². The molecule has 34 heavy (non-hydrogen) atoms. The monoisotopic (exact) mass is 518 g/mol. The first-order valence-corrected chi connectivity index (χ1v) is 12.4. The Kier molecular flexibility index (Phi) is 5.06. The van der Waals surface area contributed by atoms with E-state index in [-0.39, 0.29) is 17.8 Å². The third kappa shape index (κ3) is 3.45. The zero-order chi connectivity index (χ0) is 23.6. The molecule has 1 fully saturated rings. The highest BCUT2D eigenvalue weighted by molar-refractivity contribution is 9.10. The summed E-state index contributed by atoms with van der Waals surface area (Å²) in [4.78, 5) is 25.2. The quantitative estimate of drug-likeness (QED) is 0.325. The maximum absolute atomic E-state index is 14.8. The van der Waals surface area contributed by atoms with E-state index in [1.807, 2.05) is 24.1 Å². The van der Waals surface area contributed by atoms with Gasteiger partial charge in [-0.2, -0.15) is 0 Å². The van der Waals surface area contributed by atoms with Crippen molar-refractivity contribution in [1.82, 2.24) is 19.4 Å². The zero-order valence-corrected chi connectivity index (χ0v) is 20.6. The van der Waals surface area contributed by atoms with E-state index in [1.54, 1.807) is 16.7 Å². The number of aromatic nitrogens is 3. The van der Waals surface area contributed by atoms with Gasteiger partial charge in [0.05, 0.1) is 11.6 Å². The standard InChI is InChI=1S/C27H24BrFN4O/c1-15-19-6-4-3-5-16(19)11-12-33(15)27(34)23-14-21(17-7-8-17)24-26(30-23)32(2)25(31-24)20-10-9-18(28)13-22(20)29/h3-6,9-10,13-15,17H,7-8,11-12H2,1-2H3/t15-/m1/s1. The van der Waals surface area contributed by atoms with Crippen molar-refractivity contribution in [2.45, 2.75) is 38.1 Å². The molecule has 2 aliphatic rings. The number of aryl methyl sites for hydroxylation is 1. The van der Waals surface area contributed by atoms with E-state index in [2.05, 4.69) is 41.1 Å². The van der Waals surface area contributed by atoms with Crippen molar-refractivity contribution < 1.29 is 9.18 Å². The van der Waals surface area contributed by atoms with E-state index in [4.69, 9.17) is 9.97 Å². The molecule has 0 unspecified atom stereocenters. The average molecular weight is 519 g/mol. The summed E-state index contributed by atoms with van der Waals surface area (Å²) in [6.45, 7) is 2.74. The Labute approximate surface area is 205 Å². The highest BCUT2D eigenvalue weighted by Gasteiger charge is 2.33. The second-order valence-electron chi connectivity index (χ2n) is 9.29. The van der Waals surface area contributed by atoms with Crippen molar-refractivity contribution in [3.63, 3.8) is 0 Å². The van der Waals surface area contributed by atoms with E-state index in [0.29, 0.717) is 39.7 Å². The van der Waals surface area contributed by atoms with Crippen molar-refractivity contribution in [2.75, 3.05) is 6.54 Å². The number of amides is 1. The third-order valence-electron chi connectivity index (χ3n) is 7.12. The van der Waals surface area contributed by atoms with Crippen LogP contribution in [0.25, 0.3) is 22.6 Å². The number of hydrogen-bond donors (Lipinski definition) is 0. The zero-order valence-electron chi connectivity index (χ0n) is 19.1. The van der Waals surface area contributed by atoms with Crippen molar-refractivity contribution in [3.8, 4) is 11.4 Å². The van der Waals surface area contributed by atoms with Gasteiger partial charge >= 0.3 is 0 Å². The minimum atomic E-state index is -0.349. The smallest absolute Gasteiger partial charge is 0.273 e. The highest BCUT2D eigenvalue weighted by atomic mass is 79.9. The maximum atomic E-state index is 14.8. The summed E-state index contributed by atoms with van der Waals surface area (Å²) in [5, 5.41) is 0. The van der Waals surface area contributed by atoms with Crippen LogP contribution in [0.1, 0.15) is 58.9 Å². The van der Waals surface area contributed by atoms with Crippen LogP contribution in [0.3, 0.4) is 0 Å². The summed E-state index contributed by atoms with van der Waals surface area (Å²) < 4.78 is 17.2. The van der Waals surface area contributed by atoms with Crippen LogP contribution in [0.4, 0.5) is 4.39 Å². The van der Waals surface area contributed by atoms with Gasteiger partial charge in [-0.15, -0.1) is 0 Å². The normalized spacial score (nSPS) is 17.8. The number of nitrogens with zero attached hydrogens (tertiary/aromatic N) is 4. The third-order valence-corrected chi connectivity index (χ3v) is 7.61. The van der Waals surface area contributed by atoms with Crippen molar-refractivity contribution in [2.24, 2.45) is 7.05 Å². The highest BCUT2D eigenvalue weighted by Crippen LogP contribution is 2.44. The second-order valence-corrected chi connectivity index (χ2v) is 10.2. The molecule has 7 heteroatoms. The molecule has 2 aromatic carbocycles. The van der Waals surface area contributed by atoms with Gasteiger partial charge in [-0.3, -0.25) is 4.79 Å². The summed E-state index contributed by atoms with van der Waals surface area (Å²) >= 11 is 3.32. The van der Waals surface area contributed by atoms with Gasteiger partial charge in [-0.1, -0.05) is 40.2 Å². The largest absolute Gasteiger partial charge is 0.330 e. The van der Waals surface area contributed by atoms with Crippen LogP contribution in [-0.2, 0) is 13.5 Å². The Morgan fingerprint density at radius 1 is 1.09 bits per heavy atom. The molecule has 4 aromatic rings. The first-order valence-electron chi connectivity index (χ1n) is 11.6. The lowest BCUT2D eigenvalue weighted by atomic mass is 9.93. The van der Waals surface area contributed by atoms with E-state index < -0.39 is 0 Å². The molecule has 6 rings (SSSR count). The Hall–Kier alpha value is -3.06. The number of carbonyl (C=O) groups excluding carboxylic acids is 1. The second kappa shape index (κ2) is 8.01. The average Bonchev–Trinajstić information content (AvgIpc) is 3.63. The molecule has 2 aromatic heterocycles. The van der Waals surface area contributed by atoms with Gasteiger partial charge in [0.15, 0.2) is 5.65 Å². The fourth-order valence-corrected chi connectivity index (χ4v) is 5.43. The number of imidazole rings is 1. The predicted molar refractivity (Wildman–Crippen MR) is 133 cm³/mol. The summed E-state index contributed by atoms with van der Waals surface area (Å²) in [5.41, 5.74) is 5.77. The Bertz CT molecular complexity index is 1460. The van der Waals surface area contributed by atoms with E-state index in [1.165, 1.54) is 17.2 Å². The molecular weight excluding hydrogens is 495 g/mol.